The second-order valence-corrected chi connectivity index (χ2v) is 9.37. The van der Waals surface area contributed by atoms with Crippen molar-refractivity contribution in [2.45, 2.75) is 13.8 Å². The van der Waals surface area contributed by atoms with E-state index in [4.69, 9.17) is 21.3 Å². The van der Waals surface area contributed by atoms with Crippen LogP contribution in [0.5, 0.6) is 5.75 Å². The molecule has 4 aromatic rings. The van der Waals surface area contributed by atoms with Crippen LogP contribution in [0.4, 0.5) is 11.6 Å². The van der Waals surface area contributed by atoms with Crippen molar-refractivity contribution in [2.24, 2.45) is 9.98 Å². The quantitative estimate of drug-likeness (QED) is 0.223. The number of halogens is 1. The number of aromatic nitrogens is 4. The molecule has 0 unspecified atom stereocenters. The number of hydrogen-bond donors (Lipinski definition) is 3. The highest BCUT2D eigenvalue weighted by molar-refractivity contribution is 6.37. The highest BCUT2D eigenvalue weighted by Crippen LogP contribution is 2.33. The van der Waals surface area contributed by atoms with Crippen LogP contribution < -0.4 is 15.0 Å². The van der Waals surface area contributed by atoms with Gasteiger partial charge in [0.2, 0.25) is 0 Å². The lowest BCUT2D eigenvalue weighted by Crippen LogP contribution is -2.48. The maximum absolute atomic E-state index is 6.62. The number of ether oxygens (including phenoxy) is 1. The molecule has 0 bridgehead atoms. The summed E-state index contributed by atoms with van der Waals surface area (Å²) in [6.07, 6.45) is 3.67. The number of aryl methyl sites for hydroxylation is 2. The number of fused-ring (bicyclic) bond motifs is 1. The zero-order valence-electron chi connectivity index (χ0n) is 21.4. The molecule has 0 aliphatic carbocycles. The minimum Gasteiger partial charge on any atom is -0.470 e. The smallest absolute Gasteiger partial charge is 0.181 e. The van der Waals surface area contributed by atoms with Gasteiger partial charge in [-0.1, -0.05) is 17.7 Å². The van der Waals surface area contributed by atoms with Gasteiger partial charge < -0.3 is 24.8 Å². The number of aromatic amines is 2. The third-order valence-electron chi connectivity index (χ3n) is 6.26. The Kier molecular flexibility index (Phi) is 7.60. The molecule has 4 heterocycles. The van der Waals surface area contributed by atoms with Gasteiger partial charge in [0, 0.05) is 66.8 Å². The van der Waals surface area contributed by atoms with Gasteiger partial charge in [-0.25, -0.2) is 15.0 Å². The molecule has 0 atom stereocenters. The Morgan fingerprint density at radius 1 is 1.16 bits per heavy atom. The summed E-state index contributed by atoms with van der Waals surface area (Å²) in [5, 5.41) is 11.8. The Hall–Kier alpha value is -4.31. The number of amidine groups is 1. The van der Waals surface area contributed by atoms with E-state index in [1.54, 1.807) is 0 Å². The van der Waals surface area contributed by atoms with Gasteiger partial charge in [-0.15, -0.1) is 0 Å². The number of pyridine rings is 1. The normalized spacial score (nSPS) is 14.7. The van der Waals surface area contributed by atoms with Crippen LogP contribution in [-0.2, 0) is 0 Å². The molecule has 3 N–H and O–H groups in total. The first-order valence-corrected chi connectivity index (χ1v) is 12.7. The first-order valence-electron chi connectivity index (χ1n) is 12.3. The van der Waals surface area contributed by atoms with E-state index in [0.29, 0.717) is 22.4 Å². The lowest BCUT2D eigenvalue weighted by Gasteiger charge is -2.36. The first kappa shape index (κ1) is 25.3. The molecule has 1 fully saturated rings. The van der Waals surface area contributed by atoms with E-state index in [1.165, 1.54) is 0 Å². The average Bonchev–Trinajstić information content (AvgIpc) is 3.53. The van der Waals surface area contributed by atoms with Crippen molar-refractivity contribution in [3.8, 4) is 5.75 Å². The van der Waals surface area contributed by atoms with E-state index >= 15 is 0 Å². The van der Waals surface area contributed by atoms with Gasteiger partial charge in [0.25, 0.3) is 0 Å². The number of hydrogen-bond acceptors (Lipinski definition) is 7. The minimum atomic E-state index is 0.0901. The Morgan fingerprint density at radius 3 is 2.71 bits per heavy atom. The Labute approximate surface area is 226 Å². The number of nitrogens with zero attached hydrogens (tertiary/aromatic N) is 6. The van der Waals surface area contributed by atoms with Crippen LogP contribution in [-0.4, -0.2) is 70.5 Å². The van der Waals surface area contributed by atoms with Crippen LogP contribution in [0.2, 0.25) is 5.02 Å². The molecule has 0 amide bonds. The van der Waals surface area contributed by atoms with Crippen molar-refractivity contribution in [2.75, 3.05) is 43.1 Å². The van der Waals surface area contributed by atoms with Crippen LogP contribution in [0.3, 0.4) is 0 Å². The maximum Gasteiger partial charge on any atom is 0.181 e. The molecule has 10 nitrogen and oxygen atoms in total. The SMILES string of the molecule is C=N/C(=C\C(=N/COc1ccc2[nH]c(C)cc2c1Cl)N1CCN(c2ccccn2)CC1)Nc1cc(C)[nH]n1. The molecule has 11 heteroatoms. The predicted molar refractivity (Wildman–Crippen MR) is 154 cm³/mol. The fourth-order valence-electron chi connectivity index (χ4n) is 4.37. The van der Waals surface area contributed by atoms with Crippen LogP contribution >= 0.6 is 11.6 Å². The number of rotatable bonds is 8. The monoisotopic (exact) mass is 531 g/mol. The molecule has 1 aliphatic heterocycles. The molecule has 1 aliphatic rings. The van der Waals surface area contributed by atoms with Crippen molar-refractivity contribution in [3.05, 3.63) is 77.0 Å². The van der Waals surface area contributed by atoms with Gasteiger partial charge in [-0.2, -0.15) is 5.10 Å². The summed E-state index contributed by atoms with van der Waals surface area (Å²) in [5.74, 6) is 3.46. The maximum atomic E-state index is 6.62. The second kappa shape index (κ2) is 11.4. The Bertz CT molecular complexity index is 1470. The fraction of sp³-hybridized carbons (Fsp3) is 0.259. The summed E-state index contributed by atoms with van der Waals surface area (Å²) in [4.78, 5) is 21.2. The molecule has 5 rings (SSSR count). The van der Waals surface area contributed by atoms with Gasteiger partial charge in [0.1, 0.15) is 23.2 Å². The van der Waals surface area contributed by atoms with E-state index in [0.717, 1.165) is 60.1 Å². The summed E-state index contributed by atoms with van der Waals surface area (Å²) < 4.78 is 6.01. The third-order valence-corrected chi connectivity index (χ3v) is 6.65. The molecule has 3 aromatic heterocycles. The van der Waals surface area contributed by atoms with Gasteiger partial charge >= 0.3 is 0 Å². The van der Waals surface area contributed by atoms with E-state index in [-0.39, 0.29) is 6.73 Å². The summed E-state index contributed by atoms with van der Waals surface area (Å²) in [6, 6.07) is 13.7. The first-order chi connectivity index (χ1) is 18.5. The van der Waals surface area contributed by atoms with Crippen molar-refractivity contribution in [1.29, 1.82) is 0 Å². The van der Waals surface area contributed by atoms with E-state index < -0.39 is 0 Å². The Balaban J connectivity index is 1.35. The highest BCUT2D eigenvalue weighted by Gasteiger charge is 2.20. The number of nitrogens with one attached hydrogen (secondary N) is 3. The van der Waals surface area contributed by atoms with Crippen LogP contribution in [0.15, 0.2) is 70.5 Å². The number of benzene rings is 1. The van der Waals surface area contributed by atoms with Crippen molar-refractivity contribution in [1.82, 2.24) is 25.1 Å². The van der Waals surface area contributed by atoms with Crippen LogP contribution in [0.1, 0.15) is 11.4 Å². The zero-order valence-corrected chi connectivity index (χ0v) is 22.2. The molecule has 38 heavy (non-hydrogen) atoms. The van der Waals surface area contributed by atoms with Crippen molar-refractivity contribution in [3.63, 3.8) is 0 Å². The largest absolute Gasteiger partial charge is 0.470 e. The number of H-pyrrole nitrogens is 2. The molecular formula is C27H30ClN9O. The molecule has 0 spiro atoms. The van der Waals surface area contributed by atoms with Crippen molar-refractivity contribution >= 4 is 46.7 Å². The zero-order chi connectivity index (χ0) is 26.5. The molecule has 196 valence electrons. The molecule has 1 saturated heterocycles. The second-order valence-electron chi connectivity index (χ2n) is 8.99. The average molecular weight is 532 g/mol. The van der Waals surface area contributed by atoms with Gasteiger partial charge in [-0.05, 0) is 50.9 Å². The molecule has 0 saturated carbocycles. The van der Waals surface area contributed by atoms with Crippen molar-refractivity contribution < 1.29 is 4.74 Å². The molecule has 0 radical (unpaired) electrons. The standard InChI is InChI=1S/C27H30ClN9O/c1-18-14-20-21(32-18)7-8-22(27(20)28)38-17-31-26(16-23(29-3)33-24-15-19(2)34-35-24)37-12-10-36(11-13-37)25-6-4-5-9-30-25/h4-9,14-16,32H,3,10-13,17H2,1-2H3,(H2,33,34,35)/b23-16+,31-26+. The fourth-order valence-corrected chi connectivity index (χ4v) is 4.64. The van der Waals surface area contributed by atoms with Crippen LogP contribution in [0, 0.1) is 13.8 Å². The number of anilines is 2. The van der Waals surface area contributed by atoms with Crippen LogP contribution in [0.25, 0.3) is 10.9 Å². The van der Waals surface area contributed by atoms with Gasteiger partial charge in [0.15, 0.2) is 12.5 Å². The van der Waals surface area contributed by atoms with Gasteiger partial charge in [0.05, 0.1) is 5.02 Å². The summed E-state index contributed by atoms with van der Waals surface area (Å²) in [6.45, 7) is 10.9. The highest BCUT2D eigenvalue weighted by atomic mass is 35.5. The van der Waals surface area contributed by atoms with E-state index in [1.807, 2.05) is 68.6 Å². The summed E-state index contributed by atoms with van der Waals surface area (Å²) >= 11 is 6.62. The van der Waals surface area contributed by atoms with E-state index in [2.05, 4.69) is 47.0 Å². The lowest BCUT2D eigenvalue weighted by molar-refractivity contribution is 0.324. The van der Waals surface area contributed by atoms with Gasteiger partial charge in [-0.3, -0.25) is 5.10 Å². The topological polar surface area (TPSA) is 110 Å². The molecule has 1 aromatic carbocycles. The van der Waals surface area contributed by atoms with E-state index in [9.17, 15) is 0 Å². The summed E-state index contributed by atoms with van der Waals surface area (Å²) in [7, 11) is 0. The lowest BCUT2D eigenvalue weighted by atomic mass is 10.2. The number of aliphatic imine (C=N–C) groups is 2. The molecular weight excluding hydrogens is 502 g/mol. The Morgan fingerprint density at radius 2 is 2.00 bits per heavy atom. The minimum absolute atomic E-state index is 0.0901. The predicted octanol–water partition coefficient (Wildman–Crippen LogP) is 4.77. The number of piperazine rings is 1. The summed E-state index contributed by atoms with van der Waals surface area (Å²) in [5.41, 5.74) is 2.95. The third kappa shape index (κ3) is 5.81.